The van der Waals surface area contributed by atoms with Gasteiger partial charge in [0.25, 0.3) is 16.0 Å². The molecule has 0 bridgehead atoms. The summed E-state index contributed by atoms with van der Waals surface area (Å²) in [6.45, 7) is 0. The van der Waals surface area contributed by atoms with Crippen LogP contribution in [0.15, 0.2) is 75.8 Å². The van der Waals surface area contributed by atoms with Crippen molar-refractivity contribution in [2.75, 3.05) is 32.6 Å². The van der Waals surface area contributed by atoms with E-state index in [1.54, 1.807) is 37.2 Å². The molecule has 0 fully saturated rings. The number of anilines is 1. The second-order valence-corrected chi connectivity index (χ2v) is 8.79. The topological polar surface area (TPSA) is 136 Å². The van der Waals surface area contributed by atoms with Gasteiger partial charge in [0.1, 0.15) is 6.34 Å². The molecule has 178 valence electrons. The fraction of sp³-hybridized carbons (Fsp3) is 0.182. The fourth-order valence-electron chi connectivity index (χ4n) is 2.90. The summed E-state index contributed by atoms with van der Waals surface area (Å²) < 4.78 is 39.1. The number of ether oxygens (including phenoxy) is 2. The van der Waals surface area contributed by atoms with Crippen LogP contribution in [0.1, 0.15) is 0 Å². The summed E-state index contributed by atoms with van der Waals surface area (Å²) in [4.78, 5) is 9.93. The summed E-state index contributed by atoms with van der Waals surface area (Å²) in [5.41, 5.74) is 7.30. The van der Waals surface area contributed by atoms with Crippen LogP contribution in [0.25, 0.3) is 11.1 Å². The lowest BCUT2D eigenvalue weighted by molar-refractivity contribution is 0.372. The Morgan fingerprint density at radius 2 is 1.56 bits per heavy atom. The van der Waals surface area contributed by atoms with Crippen LogP contribution in [-0.2, 0) is 10.0 Å². The van der Waals surface area contributed by atoms with Crippen molar-refractivity contribution >= 4 is 28.3 Å². The first-order valence-electron chi connectivity index (χ1n) is 9.97. The van der Waals surface area contributed by atoms with Crippen LogP contribution in [0, 0.1) is 0 Å². The molecule has 2 aromatic carbocycles. The van der Waals surface area contributed by atoms with Crippen molar-refractivity contribution in [2.45, 2.75) is 4.90 Å². The van der Waals surface area contributed by atoms with E-state index in [1.807, 2.05) is 30.3 Å². The molecule has 0 unspecified atom stereocenters. The Morgan fingerprint density at radius 3 is 2.15 bits per heavy atom. The normalized spacial score (nSPS) is 11.9. The quantitative estimate of drug-likeness (QED) is 0.293. The summed E-state index contributed by atoms with van der Waals surface area (Å²) in [5.74, 6) is -0.650. The van der Waals surface area contributed by atoms with E-state index in [2.05, 4.69) is 20.2 Å². The molecule has 0 amide bonds. The Hall–Kier alpha value is -4.19. The van der Waals surface area contributed by atoms with E-state index in [0.717, 1.165) is 0 Å². The second-order valence-electron chi connectivity index (χ2n) is 7.04. The molecule has 12 heteroatoms. The molecule has 2 N–H and O–H groups in total. The number of nitrogens with zero attached hydrogens (tertiary/aromatic N) is 6. The number of aromatic nitrogens is 2. The van der Waals surface area contributed by atoms with Crippen LogP contribution in [0.4, 0.5) is 5.95 Å². The summed E-state index contributed by atoms with van der Waals surface area (Å²) >= 11 is 0. The number of hydrogen-bond donors (Lipinski definition) is 1. The highest BCUT2D eigenvalue weighted by molar-refractivity contribution is 7.93. The molecule has 0 atom stereocenters. The lowest BCUT2D eigenvalue weighted by atomic mass is 10.1. The molecule has 11 nitrogen and oxygen atoms in total. The van der Waals surface area contributed by atoms with Gasteiger partial charge in [-0.25, -0.2) is 8.42 Å². The third-order valence-corrected chi connectivity index (χ3v) is 6.15. The minimum Gasteiger partial charge on any atom is -0.481 e. The third-order valence-electron chi connectivity index (χ3n) is 4.41. The summed E-state index contributed by atoms with van der Waals surface area (Å²) in [7, 11) is 1.85. The number of hydrogen-bond acceptors (Lipinski definition) is 8. The molecular weight excluding hydrogens is 458 g/mol. The van der Waals surface area contributed by atoms with Gasteiger partial charge in [-0.3, -0.25) is 0 Å². The molecular formula is C22H25N7O4S. The maximum atomic E-state index is 14.0. The van der Waals surface area contributed by atoms with Crippen LogP contribution in [0.5, 0.6) is 11.8 Å². The average molecular weight is 484 g/mol. The third kappa shape index (κ3) is 5.41. The van der Waals surface area contributed by atoms with Gasteiger partial charge in [-0.15, -0.1) is 10.2 Å². The predicted octanol–water partition coefficient (Wildman–Crippen LogP) is 2.18. The van der Waals surface area contributed by atoms with E-state index in [0.29, 0.717) is 15.4 Å². The first-order valence-corrected chi connectivity index (χ1v) is 11.4. The minimum absolute atomic E-state index is 0.0266. The Labute approximate surface area is 198 Å². The zero-order valence-electron chi connectivity index (χ0n) is 19.2. The zero-order chi connectivity index (χ0) is 24.7. The number of rotatable bonds is 8. The number of nitrogens with two attached hydrogens (primary N) is 1. The van der Waals surface area contributed by atoms with Crippen LogP contribution in [0.2, 0.25) is 0 Å². The fourth-order valence-corrected chi connectivity index (χ4v) is 4.39. The minimum atomic E-state index is -4.38. The van der Waals surface area contributed by atoms with Gasteiger partial charge >= 0.3 is 0 Å². The molecule has 34 heavy (non-hydrogen) atoms. The van der Waals surface area contributed by atoms with Crippen molar-refractivity contribution < 1.29 is 17.9 Å². The van der Waals surface area contributed by atoms with Crippen molar-refractivity contribution in [3.05, 3.63) is 60.7 Å². The SMILES string of the molecule is COc1cc(OC)nc(N(C(N)=NN=CN(C)C)S(=O)(=O)c2ccccc2-c2ccccc2)n1. The maximum absolute atomic E-state index is 14.0. The molecule has 0 radical (unpaired) electrons. The van der Waals surface area contributed by atoms with Crippen molar-refractivity contribution in [3.8, 4) is 22.9 Å². The highest BCUT2D eigenvalue weighted by Gasteiger charge is 2.33. The second kappa shape index (κ2) is 10.6. The molecule has 1 aromatic heterocycles. The first kappa shape index (κ1) is 24.5. The van der Waals surface area contributed by atoms with Gasteiger partial charge in [-0.1, -0.05) is 48.5 Å². The molecule has 0 saturated heterocycles. The Morgan fingerprint density at radius 1 is 0.971 bits per heavy atom. The number of sulfonamides is 1. The van der Waals surface area contributed by atoms with Crippen molar-refractivity contribution in [3.63, 3.8) is 0 Å². The van der Waals surface area contributed by atoms with Crippen LogP contribution in [-0.4, -0.2) is 63.9 Å². The number of guanidine groups is 1. The van der Waals surface area contributed by atoms with E-state index >= 15 is 0 Å². The first-order chi connectivity index (χ1) is 16.3. The van der Waals surface area contributed by atoms with Crippen LogP contribution >= 0.6 is 0 Å². The van der Waals surface area contributed by atoms with E-state index in [9.17, 15) is 8.42 Å². The van der Waals surface area contributed by atoms with Gasteiger partial charge in [-0.05, 0) is 11.6 Å². The van der Waals surface area contributed by atoms with Crippen molar-refractivity contribution in [2.24, 2.45) is 15.9 Å². The van der Waals surface area contributed by atoms with E-state index < -0.39 is 16.0 Å². The van der Waals surface area contributed by atoms with Crippen LogP contribution < -0.4 is 19.5 Å². The summed E-state index contributed by atoms with van der Waals surface area (Å²) in [6.07, 6.45) is 1.36. The average Bonchev–Trinajstić information content (AvgIpc) is 2.84. The molecule has 0 saturated carbocycles. The molecule has 0 spiro atoms. The van der Waals surface area contributed by atoms with Crippen molar-refractivity contribution in [1.82, 2.24) is 14.9 Å². The molecule has 1 heterocycles. The highest BCUT2D eigenvalue weighted by Crippen LogP contribution is 2.32. The van der Waals surface area contributed by atoms with Gasteiger partial charge < -0.3 is 20.1 Å². The summed E-state index contributed by atoms with van der Waals surface area (Å²) in [6, 6.07) is 17.0. The molecule has 0 aliphatic rings. The molecule has 3 rings (SSSR count). The Balaban J connectivity index is 2.26. The Bertz CT molecular complexity index is 1270. The van der Waals surface area contributed by atoms with Gasteiger partial charge in [0.05, 0.1) is 25.2 Å². The van der Waals surface area contributed by atoms with Gasteiger partial charge in [0.15, 0.2) is 0 Å². The molecule has 0 aliphatic carbocycles. The summed E-state index contributed by atoms with van der Waals surface area (Å²) in [5, 5.41) is 7.68. The zero-order valence-corrected chi connectivity index (χ0v) is 20.0. The van der Waals surface area contributed by atoms with Gasteiger partial charge in [-0.2, -0.15) is 14.3 Å². The Kier molecular flexibility index (Phi) is 7.64. The number of methoxy groups -OCH3 is 2. The van der Waals surface area contributed by atoms with E-state index in [4.69, 9.17) is 15.2 Å². The lowest BCUT2D eigenvalue weighted by Gasteiger charge is -2.22. The highest BCUT2D eigenvalue weighted by atomic mass is 32.2. The van der Waals surface area contributed by atoms with Crippen molar-refractivity contribution in [1.29, 1.82) is 0 Å². The smallest absolute Gasteiger partial charge is 0.274 e. The number of benzene rings is 2. The van der Waals surface area contributed by atoms with E-state index in [-0.39, 0.29) is 22.6 Å². The largest absolute Gasteiger partial charge is 0.481 e. The molecule has 3 aromatic rings. The molecule has 0 aliphatic heterocycles. The predicted molar refractivity (Wildman–Crippen MR) is 130 cm³/mol. The van der Waals surface area contributed by atoms with Crippen LogP contribution in [0.3, 0.4) is 0 Å². The van der Waals surface area contributed by atoms with E-state index in [1.165, 1.54) is 32.7 Å². The van der Waals surface area contributed by atoms with Gasteiger partial charge in [0.2, 0.25) is 17.7 Å². The lowest BCUT2D eigenvalue weighted by Crippen LogP contribution is -2.43. The monoisotopic (exact) mass is 483 g/mol. The standard InChI is InChI=1S/C22H25N7O4S/c1-28(2)15-24-27-21(23)29(22-25-19(32-3)14-20(26-22)33-4)34(30,31)18-13-9-8-12-17(18)16-10-6-5-7-11-16/h5-15H,1-4H3,(H2,23,27). The van der Waals surface area contributed by atoms with Gasteiger partial charge in [0, 0.05) is 19.7 Å². The maximum Gasteiger partial charge on any atom is 0.274 e.